The summed E-state index contributed by atoms with van der Waals surface area (Å²) >= 11 is 0. The molecule has 0 aliphatic carbocycles. The zero-order valence-corrected chi connectivity index (χ0v) is 15.7. The quantitative estimate of drug-likeness (QED) is 0.509. The van der Waals surface area contributed by atoms with Gasteiger partial charge in [-0.15, -0.1) is 0 Å². The number of aromatic amines is 1. The predicted molar refractivity (Wildman–Crippen MR) is 106 cm³/mol. The second-order valence-electron chi connectivity index (χ2n) is 6.61. The van der Waals surface area contributed by atoms with Crippen LogP contribution in [0, 0.1) is 0 Å². The zero-order chi connectivity index (χ0) is 21.3. The van der Waals surface area contributed by atoms with Gasteiger partial charge < -0.3 is 5.32 Å². The minimum atomic E-state index is -4.58. The van der Waals surface area contributed by atoms with Crippen LogP contribution in [0.1, 0.15) is 15.9 Å². The van der Waals surface area contributed by atoms with E-state index in [1.54, 1.807) is 13.2 Å². The van der Waals surface area contributed by atoms with Gasteiger partial charge in [0.1, 0.15) is 0 Å². The Balaban J connectivity index is 1.69. The average molecular weight is 411 g/mol. The topological polar surface area (TPSA) is 75.6 Å². The van der Waals surface area contributed by atoms with Crippen LogP contribution in [0.4, 0.5) is 18.9 Å². The summed E-state index contributed by atoms with van der Waals surface area (Å²) in [6.45, 7) is 0. The fourth-order valence-corrected chi connectivity index (χ4v) is 3.10. The van der Waals surface area contributed by atoms with Crippen LogP contribution in [-0.2, 0) is 13.2 Å². The molecule has 4 aromatic rings. The third-order valence-corrected chi connectivity index (χ3v) is 4.53. The summed E-state index contributed by atoms with van der Waals surface area (Å²) in [6.07, 6.45) is -1.59. The lowest BCUT2D eigenvalue weighted by Crippen LogP contribution is -2.14. The van der Waals surface area contributed by atoms with Crippen LogP contribution in [-0.4, -0.2) is 25.9 Å². The van der Waals surface area contributed by atoms with Crippen molar-refractivity contribution in [2.75, 3.05) is 5.32 Å². The highest BCUT2D eigenvalue weighted by Crippen LogP contribution is 2.37. The first-order valence-electron chi connectivity index (χ1n) is 8.94. The van der Waals surface area contributed by atoms with E-state index in [1.807, 2.05) is 30.3 Å². The Morgan fingerprint density at radius 2 is 1.87 bits per heavy atom. The molecule has 0 saturated carbocycles. The molecule has 2 aromatic carbocycles. The number of nitrogens with zero attached hydrogens (tertiary/aromatic N) is 3. The van der Waals surface area contributed by atoms with Crippen molar-refractivity contribution in [3.8, 4) is 22.5 Å². The average Bonchev–Trinajstić information content (AvgIpc) is 3.36. The minimum absolute atomic E-state index is 0.0730. The number of aryl methyl sites for hydroxylation is 1. The van der Waals surface area contributed by atoms with Gasteiger partial charge in [-0.1, -0.05) is 30.3 Å². The lowest BCUT2D eigenvalue weighted by Gasteiger charge is -2.13. The molecule has 0 saturated heterocycles. The molecule has 0 fully saturated rings. The van der Waals surface area contributed by atoms with Crippen molar-refractivity contribution in [2.24, 2.45) is 7.05 Å². The van der Waals surface area contributed by atoms with Gasteiger partial charge in [0, 0.05) is 29.9 Å². The number of halogens is 3. The van der Waals surface area contributed by atoms with E-state index in [-0.39, 0.29) is 16.8 Å². The fraction of sp³-hybridized carbons (Fsp3) is 0.0952. The van der Waals surface area contributed by atoms with Crippen LogP contribution in [0.15, 0.2) is 67.0 Å². The molecule has 0 unspecified atom stereocenters. The second kappa shape index (κ2) is 7.51. The maximum absolute atomic E-state index is 13.5. The molecular weight excluding hydrogens is 395 g/mol. The van der Waals surface area contributed by atoms with Crippen molar-refractivity contribution >= 4 is 11.6 Å². The number of carbonyl (C=O) groups excluding carboxylic acids is 1. The number of nitrogens with one attached hydrogen (secondary N) is 2. The molecular formula is C21H16F3N5O. The van der Waals surface area contributed by atoms with Crippen molar-refractivity contribution in [2.45, 2.75) is 6.18 Å². The highest BCUT2D eigenvalue weighted by molar-refractivity contribution is 6.06. The van der Waals surface area contributed by atoms with E-state index >= 15 is 0 Å². The van der Waals surface area contributed by atoms with Gasteiger partial charge in [-0.3, -0.25) is 14.6 Å². The Bertz CT molecular complexity index is 1190. The first-order valence-corrected chi connectivity index (χ1v) is 8.94. The van der Waals surface area contributed by atoms with E-state index in [0.717, 1.165) is 17.7 Å². The first-order chi connectivity index (χ1) is 14.3. The number of rotatable bonds is 4. The van der Waals surface area contributed by atoms with Gasteiger partial charge >= 0.3 is 6.18 Å². The molecule has 30 heavy (non-hydrogen) atoms. The van der Waals surface area contributed by atoms with E-state index in [1.165, 1.54) is 23.0 Å². The highest BCUT2D eigenvalue weighted by Gasteiger charge is 2.34. The van der Waals surface area contributed by atoms with Gasteiger partial charge in [0.05, 0.1) is 28.8 Å². The summed E-state index contributed by atoms with van der Waals surface area (Å²) in [6, 6.07) is 14.0. The maximum Gasteiger partial charge on any atom is 0.417 e. The number of hydrogen-bond acceptors (Lipinski definition) is 3. The monoisotopic (exact) mass is 411 g/mol. The number of amides is 1. The number of hydrogen-bond donors (Lipinski definition) is 2. The normalized spacial score (nSPS) is 11.5. The van der Waals surface area contributed by atoms with Gasteiger partial charge in [-0.2, -0.15) is 23.4 Å². The molecule has 0 atom stereocenters. The fourth-order valence-electron chi connectivity index (χ4n) is 3.10. The lowest BCUT2D eigenvalue weighted by atomic mass is 10.0. The molecule has 152 valence electrons. The number of carbonyl (C=O) groups is 1. The molecule has 0 aliphatic heterocycles. The zero-order valence-electron chi connectivity index (χ0n) is 15.7. The van der Waals surface area contributed by atoms with Crippen LogP contribution in [0.3, 0.4) is 0 Å². The molecule has 0 spiro atoms. The Kier molecular flexibility index (Phi) is 4.86. The second-order valence-corrected chi connectivity index (χ2v) is 6.61. The third kappa shape index (κ3) is 3.82. The van der Waals surface area contributed by atoms with Crippen molar-refractivity contribution in [3.63, 3.8) is 0 Å². The van der Waals surface area contributed by atoms with Crippen LogP contribution in [0.25, 0.3) is 22.5 Å². The van der Waals surface area contributed by atoms with Gasteiger partial charge in [-0.05, 0) is 24.3 Å². The number of alkyl halides is 3. The summed E-state index contributed by atoms with van der Waals surface area (Å²) in [5, 5.41) is 13.5. The smallest absolute Gasteiger partial charge is 0.319 e. The molecule has 2 N–H and O–H groups in total. The van der Waals surface area contributed by atoms with Crippen LogP contribution in [0.2, 0.25) is 0 Å². The van der Waals surface area contributed by atoms with Crippen molar-refractivity contribution in [1.82, 2.24) is 20.0 Å². The number of H-pyrrole nitrogens is 1. The Labute approximate surface area is 169 Å². The van der Waals surface area contributed by atoms with Crippen molar-refractivity contribution < 1.29 is 18.0 Å². The van der Waals surface area contributed by atoms with Crippen LogP contribution >= 0.6 is 0 Å². The molecule has 0 bridgehead atoms. The van der Waals surface area contributed by atoms with Crippen LogP contribution < -0.4 is 5.32 Å². The molecule has 2 heterocycles. The van der Waals surface area contributed by atoms with Gasteiger partial charge in [0.2, 0.25) is 0 Å². The standard InChI is InChI=1S/C21H16F3N5O/c1-29-10-9-17(28-29)15-11-14(7-8-16(15)21(22,23)24)20(30)26-18-12-25-27-19(18)13-5-3-2-4-6-13/h2-12H,1H3,(H,25,27)(H,26,30). The van der Waals surface area contributed by atoms with E-state index in [9.17, 15) is 18.0 Å². The number of benzene rings is 2. The summed E-state index contributed by atoms with van der Waals surface area (Å²) < 4.78 is 41.8. The first kappa shape index (κ1) is 19.4. The predicted octanol–water partition coefficient (Wildman–Crippen LogP) is 4.75. The van der Waals surface area contributed by atoms with E-state index < -0.39 is 17.6 Å². The Morgan fingerprint density at radius 3 is 2.53 bits per heavy atom. The summed E-state index contributed by atoms with van der Waals surface area (Å²) in [5.74, 6) is -0.556. The van der Waals surface area contributed by atoms with Crippen LogP contribution in [0.5, 0.6) is 0 Å². The molecule has 4 rings (SSSR count). The number of anilines is 1. The largest absolute Gasteiger partial charge is 0.417 e. The molecule has 6 nitrogen and oxygen atoms in total. The molecule has 0 radical (unpaired) electrons. The summed E-state index contributed by atoms with van der Waals surface area (Å²) in [5.41, 5.74) is 1.02. The Morgan fingerprint density at radius 1 is 1.10 bits per heavy atom. The third-order valence-electron chi connectivity index (χ3n) is 4.53. The Hall–Kier alpha value is -3.88. The van der Waals surface area contributed by atoms with E-state index in [4.69, 9.17) is 0 Å². The maximum atomic E-state index is 13.5. The van der Waals surface area contributed by atoms with Gasteiger partial charge in [0.15, 0.2) is 0 Å². The molecule has 1 amide bonds. The summed E-state index contributed by atoms with van der Waals surface area (Å²) in [7, 11) is 1.61. The van der Waals surface area contributed by atoms with Crippen molar-refractivity contribution in [3.05, 3.63) is 78.1 Å². The molecule has 0 aliphatic rings. The lowest BCUT2D eigenvalue weighted by molar-refractivity contribution is -0.137. The van der Waals surface area contributed by atoms with Gasteiger partial charge in [0.25, 0.3) is 5.91 Å². The molecule has 2 aromatic heterocycles. The molecule has 9 heteroatoms. The van der Waals surface area contributed by atoms with Crippen molar-refractivity contribution in [1.29, 1.82) is 0 Å². The number of aromatic nitrogens is 4. The van der Waals surface area contributed by atoms with E-state index in [0.29, 0.717) is 11.4 Å². The van der Waals surface area contributed by atoms with Gasteiger partial charge in [-0.25, -0.2) is 0 Å². The SMILES string of the molecule is Cn1ccc(-c2cc(C(=O)Nc3cn[nH]c3-c3ccccc3)ccc2C(F)(F)F)n1. The summed E-state index contributed by atoms with van der Waals surface area (Å²) in [4.78, 5) is 12.8. The van der Waals surface area contributed by atoms with E-state index in [2.05, 4.69) is 20.6 Å². The minimum Gasteiger partial charge on any atom is -0.319 e. The highest BCUT2D eigenvalue weighted by atomic mass is 19.4.